The number of anilines is 1. The van der Waals surface area contributed by atoms with E-state index in [1.807, 2.05) is 38.1 Å². The number of phenolic OH excluding ortho intramolecular Hbond substituents is 2. The number of phenols is 2. The van der Waals surface area contributed by atoms with E-state index in [1.165, 1.54) is 11.1 Å². The number of rotatable bonds is 11. The van der Waals surface area contributed by atoms with Crippen molar-refractivity contribution in [3.63, 3.8) is 0 Å². The largest absolute Gasteiger partial charge is 0.508 e. The molecular weight excluding hydrogens is 422 g/mol. The van der Waals surface area contributed by atoms with Crippen LogP contribution in [-0.4, -0.2) is 16.1 Å². The molecule has 0 saturated carbocycles. The van der Waals surface area contributed by atoms with Crippen LogP contribution >= 0.6 is 0 Å². The van der Waals surface area contributed by atoms with Crippen LogP contribution in [0.2, 0.25) is 0 Å². The number of allylic oxidation sites excluding steroid dienone is 4. The van der Waals surface area contributed by atoms with Crippen molar-refractivity contribution < 1.29 is 15.0 Å². The fraction of sp³-hybridized carbons (Fsp3) is 0.433. The van der Waals surface area contributed by atoms with Crippen molar-refractivity contribution in [1.82, 2.24) is 0 Å². The quantitative estimate of drug-likeness (QED) is 0.234. The first-order valence-corrected chi connectivity index (χ1v) is 12.4. The average Bonchev–Trinajstić information content (AvgIpc) is 2.76. The molecule has 0 radical (unpaired) electrons. The summed E-state index contributed by atoms with van der Waals surface area (Å²) in [5.41, 5.74) is 6.51. The minimum atomic E-state index is -0.341. The van der Waals surface area contributed by atoms with Crippen LogP contribution in [0.5, 0.6) is 11.5 Å². The maximum atomic E-state index is 13.4. The molecule has 3 N–H and O–H groups in total. The van der Waals surface area contributed by atoms with Crippen molar-refractivity contribution in [3.05, 3.63) is 75.4 Å². The van der Waals surface area contributed by atoms with E-state index in [0.717, 1.165) is 48.9 Å². The molecule has 2 aromatic rings. The molecule has 0 heterocycles. The van der Waals surface area contributed by atoms with Crippen LogP contribution in [0, 0.1) is 13.8 Å². The van der Waals surface area contributed by atoms with E-state index in [0.29, 0.717) is 24.0 Å². The molecule has 0 aromatic heterocycles. The lowest BCUT2D eigenvalue weighted by Crippen LogP contribution is -2.17. The Bertz CT molecular complexity index is 1040. The molecule has 0 unspecified atom stereocenters. The first-order valence-electron chi connectivity index (χ1n) is 12.4. The molecule has 0 aliphatic carbocycles. The van der Waals surface area contributed by atoms with E-state index < -0.39 is 0 Å². The number of carbonyl (C=O) groups is 1. The summed E-state index contributed by atoms with van der Waals surface area (Å²) in [6.07, 6.45) is 10.1. The van der Waals surface area contributed by atoms with Gasteiger partial charge in [-0.25, -0.2) is 0 Å². The molecule has 4 heteroatoms. The van der Waals surface area contributed by atoms with E-state index in [1.54, 1.807) is 6.07 Å². The highest BCUT2D eigenvalue weighted by Crippen LogP contribution is 2.36. The average molecular weight is 464 g/mol. The van der Waals surface area contributed by atoms with E-state index in [-0.39, 0.29) is 23.0 Å². The second-order valence-corrected chi connectivity index (χ2v) is 9.51. The molecule has 2 rings (SSSR count). The molecule has 0 atom stereocenters. The summed E-state index contributed by atoms with van der Waals surface area (Å²) in [5, 5.41) is 25.0. The lowest BCUT2D eigenvalue weighted by molar-refractivity contribution is 0.102. The number of carbonyl (C=O) groups excluding carboxylic acids is 1. The number of aromatic hydroxyl groups is 2. The van der Waals surface area contributed by atoms with Crippen LogP contribution in [0.15, 0.2) is 47.6 Å². The first-order chi connectivity index (χ1) is 16.1. The Morgan fingerprint density at radius 1 is 1.03 bits per heavy atom. The number of hydrogen-bond donors (Lipinski definition) is 3. The molecule has 0 bridgehead atoms. The van der Waals surface area contributed by atoms with Crippen molar-refractivity contribution >= 4 is 11.6 Å². The lowest BCUT2D eigenvalue weighted by atomic mass is 9.94. The normalized spacial score (nSPS) is 11.4. The van der Waals surface area contributed by atoms with Gasteiger partial charge in [-0.3, -0.25) is 4.79 Å². The zero-order valence-corrected chi connectivity index (χ0v) is 21.7. The summed E-state index contributed by atoms with van der Waals surface area (Å²) < 4.78 is 0. The summed E-state index contributed by atoms with van der Waals surface area (Å²) in [4.78, 5) is 13.4. The van der Waals surface area contributed by atoms with Crippen LogP contribution in [0.25, 0.3) is 0 Å². The number of hydrogen-bond acceptors (Lipinski definition) is 3. The van der Waals surface area contributed by atoms with Crippen molar-refractivity contribution in [2.75, 3.05) is 5.32 Å². The van der Waals surface area contributed by atoms with Crippen LogP contribution in [0.1, 0.15) is 92.4 Å². The van der Waals surface area contributed by atoms with Crippen molar-refractivity contribution in [2.45, 2.75) is 86.5 Å². The highest BCUT2D eigenvalue weighted by atomic mass is 16.3. The number of unbranched alkanes of at least 4 members (excludes halogenated alkanes) is 2. The van der Waals surface area contributed by atoms with Crippen molar-refractivity contribution in [1.29, 1.82) is 0 Å². The fourth-order valence-electron chi connectivity index (χ4n) is 4.12. The topological polar surface area (TPSA) is 69.6 Å². The zero-order valence-electron chi connectivity index (χ0n) is 21.7. The second kappa shape index (κ2) is 13.0. The van der Waals surface area contributed by atoms with Gasteiger partial charge in [0.2, 0.25) is 0 Å². The molecular formula is C30H41NO3. The maximum absolute atomic E-state index is 13.4. The predicted octanol–water partition coefficient (Wildman–Crippen LogP) is 7.93. The van der Waals surface area contributed by atoms with Gasteiger partial charge in [0.05, 0.1) is 5.56 Å². The number of aryl methyl sites for hydroxylation is 3. The minimum absolute atomic E-state index is 0.0426. The fourth-order valence-corrected chi connectivity index (χ4v) is 4.12. The van der Waals surface area contributed by atoms with Crippen LogP contribution < -0.4 is 5.32 Å². The van der Waals surface area contributed by atoms with Gasteiger partial charge in [0.25, 0.3) is 5.91 Å². The summed E-state index contributed by atoms with van der Waals surface area (Å²) >= 11 is 0. The SMILES string of the molecule is CCCCCc1cc(O)c(CC=C(C)CCC=C(C)C)c(O)c1C(=O)Nc1c(C)cccc1C. The van der Waals surface area contributed by atoms with E-state index in [9.17, 15) is 15.0 Å². The zero-order chi connectivity index (χ0) is 25.3. The Balaban J connectivity index is 2.41. The summed E-state index contributed by atoms with van der Waals surface area (Å²) in [5.74, 6) is -0.420. The molecule has 34 heavy (non-hydrogen) atoms. The molecule has 0 fully saturated rings. The second-order valence-electron chi connectivity index (χ2n) is 9.51. The van der Waals surface area contributed by atoms with Gasteiger partial charge in [0, 0.05) is 11.3 Å². The van der Waals surface area contributed by atoms with Gasteiger partial charge in [0.1, 0.15) is 11.5 Å². The maximum Gasteiger partial charge on any atom is 0.259 e. The first kappa shape index (κ1) is 27.2. The number of para-hydroxylation sites is 1. The Kier molecular flexibility index (Phi) is 10.4. The standard InChI is InChI=1S/C30H41NO3/c1-7-8-9-16-24-19-26(32)25(18-17-21(4)13-10-12-20(2)3)29(33)27(24)30(34)31-28-22(5)14-11-15-23(28)6/h11-12,14-15,17,19,32-33H,7-10,13,16,18H2,1-6H3,(H,31,34). The van der Waals surface area contributed by atoms with Crippen LogP contribution in [0.3, 0.4) is 0 Å². The van der Waals surface area contributed by atoms with Gasteiger partial charge in [-0.05, 0) is 89.5 Å². The van der Waals surface area contributed by atoms with Gasteiger partial charge in [0.15, 0.2) is 0 Å². The van der Waals surface area contributed by atoms with Crippen LogP contribution in [0.4, 0.5) is 5.69 Å². The highest BCUT2D eigenvalue weighted by molar-refractivity contribution is 6.08. The lowest BCUT2D eigenvalue weighted by Gasteiger charge is -2.18. The molecule has 0 aliphatic heterocycles. The van der Waals surface area contributed by atoms with Gasteiger partial charge in [-0.15, -0.1) is 0 Å². The van der Waals surface area contributed by atoms with E-state index in [4.69, 9.17) is 0 Å². The highest BCUT2D eigenvalue weighted by Gasteiger charge is 2.23. The molecule has 184 valence electrons. The third-order valence-corrected chi connectivity index (χ3v) is 6.21. The molecule has 4 nitrogen and oxygen atoms in total. The molecule has 2 aromatic carbocycles. The number of benzene rings is 2. The molecule has 0 saturated heterocycles. The van der Waals surface area contributed by atoms with Crippen molar-refractivity contribution in [3.8, 4) is 11.5 Å². The third kappa shape index (κ3) is 7.51. The van der Waals surface area contributed by atoms with E-state index >= 15 is 0 Å². The Labute approximate surface area is 205 Å². The van der Waals surface area contributed by atoms with E-state index in [2.05, 4.69) is 39.1 Å². The van der Waals surface area contributed by atoms with Gasteiger partial charge in [-0.2, -0.15) is 0 Å². The van der Waals surface area contributed by atoms with Gasteiger partial charge < -0.3 is 15.5 Å². The molecule has 1 amide bonds. The smallest absolute Gasteiger partial charge is 0.259 e. The predicted molar refractivity (Wildman–Crippen MR) is 143 cm³/mol. The van der Waals surface area contributed by atoms with Crippen LogP contribution in [-0.2, 0) is 12.8 Å². The monoisotopic (exact) mass is 463 g/mol. The van der Waals surface area contributed by atoms with Gasteiger partial charge >= 0.3 is 0 Å². The summed E-state index contributed by atoms with van der Waals surface area (Å²) in [6.45, 7) is 12.3. The summed E-state index contributed by atoms with van der Waals surface area (Å²) in [6, 6.07) is 7.53. The third-order valence-electron chi connectivity index (χ3n) is 6.21. The number of amides is 1. The molecule has 0 spiro atoms. The summed E-state index contributed by atoms with van der Waals surface area (Å²) in [7, 11) is 0. The number of nitrogens with one attached hydrogen (secondary N) is 1. The van der Waals surface area contributed by atoms with Crippen molar-refractivity contribution in [2.24, 2.45) is 0 Å². The Morgan fingerprint density at radius 2 is 1.71 bits per heavy atom. The Hall–Kier alpha value is -3.01. The van der Waals surface area contributed by atoms with Gasteiger partial charge in [-0.1, -0.05) is 61.3 Å². The molecule has 0 aliphatic rings. The minimum Gasteiger partial charge on any atom is -0.508 e. The Morgan fingerprint density at radius 3 is 2.32 bits per heavy atom.